The fourth-order valence-electron chi connectivity index (χ4n) is 12.1. The van der Waals surface area contributed by atoms with Crippen LogP contribution in [0, 0.1) is 50.2 Å². The van der Waals surface area contributed by atoms with Gasteiger partial charge in [-0.05, 0) is 115 Å². The van der Waals surface area contributed by atoms with Gasteiger partial charge in [0.25, 0.3) is 0 Å². The summed E-state index contributed by atoms with van der Waals surface area (Å²) in [6.45, 7) is 16.5. The van der Waals surface area contributed by atoms with E-state index in [0.717, 1.165) is 63.4 Å². The summed E-state index contributed by atoms with van der Waals surface area (Å²) in [5.74, 6) is -0.0186. The van der Waals surface area contributed by atoms with E-state index in [4.69, 9.17) is 9.47 Å². The molecule has 7 heteroatoms. The molecule has 7 nitrogen and oxygen atoms in total. The Labute approximate surface area is 293 Å². The lowest BCUT2D eigenvalue weighted by Crippen LogP contribution is -2.67. The Morgan fingerprint density at radius 3 is 2.24 bits per heavy atom. The lowest BCUT2D eigenvalue weighted by molar-refractivity contribution is -0.190. The second-order valence-corrected chi connectivity index (χ2v) is 18.4. The van der Waals surface area contributed by atoms with Crippen LogP contribution in [0.4, 0.5) is 0 Å². The number of fused-ring (bicyclic) bond motifs is 7. The zero-order chi connectivity index (χ0) is 35.6. The van der Waals surface area contributed by atoms with Gasteiger partial charge in [0, 0.05) is 18.4 Å². The predicted octanol–water partition coefficient (Wildman–Crippen LogP) is 8.15. The van der Waals surface area contributed by atoms with Gasteiger partial charge in [-0.25, -0.2) is 0 Å². The summed E-state index contributed by atoms with van der Waals surface area (Å²) in [7, 11) is 1.34. The first kappa shape index (κ1) is 35.9. The maximum Gasteiger partial charge on any atom is 0.312 e. The van der Waals surface area contributed by atoms with Crippen LogP contribution in [0.25, 0.3) is 0 Å². The van der Waals surface area contributed by atoms with E-state index in [0.29, 0.717) is 0 Å². The van der Waals surface area contributed by atoms with Crippen LogP contribution in [-0.2, 0) is 35.3 Å². The minimum absolute atomic E-state index is 0.0163. The zero-order valence-electron chi connectivity index (χ0n) is 31.2. The van der Waals surface area contributed by atoms with Gasteiger partial charge >= 0.3 is 11.9 Å². The van der Waals surface area contributed by atoms with Gasteiger partial charge in [-0.3, -0.25) is 19.2 Å². The van der Waals surface area contributed by atoms with Gasteiger partial charge in [0.1, 0.15) is 6.61 Å². The van der Waals surface area contributed by atoms with Gasteiger partial charge in [0.05, 0.1) is 18.9 Å². The highest BCUT2D eigenvalue weighted by Gasteiger charge is 2.70. The molecule has 0 bridgehead atoms. The summed E-state index contributed by atoms with van der Waals surface area (Å²) in [5.41, 5.74) is 1.000. The van der Waals surface area contributed by atoms with Crippen molar-refractivity contribution in [3.05, 3.63) is 47.5 Å². The molecule has 49 heavy (non-hydrogen) atoms. The van der Waals surface area contributed by atoms with Crippen molar-refractivity contribution >= 4 is 23.6 Å². The van der Waals surface area contributed by atoms with Gasteiger partial charge in [0.15, 0.2) is 5.78 Å². The SMILES string of the molecule is COC(=O)CCC(=O)N[C@H]1CC[C@]2(C)[C@H]3C(=O)C=C4C5C[C@@](C)(C(=O)OCc6ccccc6)CC[C@]5(C)CC[C@@]4(C)[C@]3(C)CC[C@H]2C1(C)C. The molecule has 1 N–H and O–H groups in total. The first-order valence-corrected chi connectivity index (χ1v) is 18.8. The first-order valence-electron chi connectivity index (χ1n) is 18.8. The molecule has 0 heterocycles. The Bertz CT molecular complexity index is 1530. The molecule has 1 amide bonds. The van der Waals surface area contributed by atoms with E-state index in [1.807, 2.05) is 30.3 Å². The Balaban J connectivity index is 1.26. The minimum atomic E-state index is -0.591. The Hall–Kier alpha value is -2.96. The second kappa shape index (κ2) is 12.4. The smallest absolute Gasteiger partial charge is 0.312 e. The molecule has 6 rings (SSSR count). The van der Waals surface area contributed by atoms with E-state index in [-0.39, 0.29) is 93.9 Å². The molecule has 268 valence electrons. The van der Waals surface area contributed by atoms with Crippen LogP contribution in [0.15, 0.2) is 42.0 Å². The van der Waals surface area contributed by atoms with Crippen LogP contribution in [0.1, 0.15) is 125 Å². The average molecular weight is 674 g/mol. The standard InChI is InChI=1S/C42H59NO6/c1-37(2)31-16-19-42(7)35(40(31,5)18-17-32(37)43-33(45)14-15-34(46)48-8)30(44)24-28-29-25-39(4,21-20-38(29,3)22-23-41(28,42)6)36(47)49-26-27-12-10-9-11-13-27/h9-13,24,29,31-32,35H,14-23,25-26H2,1-8H3,(H,43,45)/t29?,31-,32-,35+,38+,39-,40-,41+,42+/m0/s1. The topological polar surface area (TPSA) is 98.8 Å². The zero-order valence-corrected chi connectivity index (χ0v) is 31.2. The molecule has 5 aliphatic carbocycles. The predicted molar refractivity (Wildman–Crippen MR) is 189 cm³/mol. The van der Waals surface area contributed by atoms with Crippen LogP contribution in [0.2, 0.25) is 0 Å². The Morgan fingerprint density at radius 2 is 1.55 bits per heavy atom. The van der Waals surface area contributed by atoms with E-state index in [2.05, 4.69) is 59.9 Å². The van der Waals surface area contributed by atoms with Gasteiger partial charge in [-0.15, -0.1) is 0 Å². The van der Waals surface area contributed by atoms with E-state index >= 15 is 0 Å². The molecule has 1 unspecified atom stereocenters. The van der Waals surface area contributed by atoms with E-state index < -0.39 is 5.41 Å². The second-order valence-electron chi connectivity index (χ2n) is 18.4. The van der Waals surface area contributed by atoms with Crippen LogP contribution >= 0.6 is 0 Å². The highest BCUT2D eigenvalue weighted by molar-refractivity contribution is 5.95. The van der Waals surface area contributed by atoms with Gasteiger partial charge in [0.2, 0.25) is 5.91 Å². The molecular weight excluding hydrogens is 614 g/mol. The van der Waals surface area contributed by atoms with Crippen molar-refractivity contribution in [2.24, 2.45) is 50.2 Å². The number of ketones is 1. The first-order chi connectivity index (χ1) is 22.9. The van der Waals surface area contributed by atoms with E-state index in [9.17, 15) is 19.2 Å². The van der Waals surface area contributed by atoms with Crippen molar-refractivity contribution in [3.8, 4) is 0 Å². The third-order valence-corrected chi connectivity index (χ3v) is 15.4. The van der Waals surface area contributed by atoms with Crippen molar-refractivity contribution in [1.29, 1.82) is 0 Å². The molecular formula is C42H59NO6. The molecule has 1 aromatic carbocycles. The quantitative estimate of drug-likeness (QED) is 0.294. The van der Waals surface area contributed by atoms with Crippen molar-refractivity contribution in [3.63, 3.8) is 0 Å². The number of benzene rings is 1. The molecule has 5 aliphatic rings. The molecule has 0 spiro atoms. The maximum absolute atomic E-state index is 14.8. The number of esters is 2. The average Bonchev–Trinajstić information content (AvgIpc) is 3.06. The molecule has 4 fully saturated rings. The fourth-order valence-corrected chi connectivity index (χ4v) is 12.1. The summed E-state index contributed by atoms with van der Waals surface area (Å²) in [6, 6.07) is 9.86. The van der Waals surface area contributed by atoms with E-state index in [1.54, 1.807) is 0 Å². The monoisotopic (exact) mass is 673 g/mol. The summed E-state index contributed by atoms with van der Waals surface area (Å²) < 4.78 is 10.7. The number of carbonyl (C=O) groups excluding carboxylic acids is 4. The number of ether oxygens (including phenoxy) is 2. The molecule has 0 aliphatic heterocycles. The van der Waals surface area contributed by atoms with Crippen LogP contribution < -0.4 is 5.32 Å². The molecule has 0 radical (unpaired) electrons. The number of rotatable bonds is 7. The van der Waals surface area contributed by atoms with Crippen molar-refractivity contribution < 1.29 is 28.7 Å². The Kier molecular flexibility index (Phi) is 9.05. The number of hydrogen-bond acceptors (Lipinski definition) is 6. The van der Waals surface area contributed by atoms with E-state index in [1.165, 1.54) is 12.7 Å². The highest BCUT2D eigenvalue weighted by atomic mass is 16.5. The van der Waals surface area contributed by atoms with Gasteiger partial charge in [-0.1, -0.05) is 77.4 Å². The van der Waals surface area contributed by atoms with Gasteiger partial charge < -0.3 is 14.8 Å². The van der Waals surface area contributed by atoms with Crippen molar-refractivity contribution in [2.45, 2.75) is 132 Å². The largest absolute Gasteiger partial charge is 0.469 e. The summed E-state index contributed by atoms with van der Waals surface area (Å²) in [6.07, 6.45) is 10.6. The lowest BCUT2D eigenvalue weighted by Gasteiger charge is -2.70. The molecule has 4 saturated carbocycles. The van der Waals surface area contributed by atoms with Crippen LogP contribution in [0.5, 0.6) is 0 Å². The number of allylic oxidation sites excluding steroid dienone is 2. The van der Waals surface area contributed by atoms with Crippen molar-refractivity contribution in [2.75, 3.05) is 7.11 Å². The number of amides is 1. The molecule has 0 aromatic heterocycles. The molecule has 1 aromatic rings. The molecule has 9 atom stereocenters. The molecule has 0 saturated heterocycles. The maximum atomic E-state index is 14.8. The Morgan fingerprint density at radius 1 is 0.857 bits per heavy atom. The van der Waals surface area contributed by atoms with Crippen LogP contribution in [0.3, 0.4) is 0 Å². The minimum Gasteiger partial charge on any atom is -0.469 e. The van der Waals surface area contributed by atoms with Gasteiger partial charge in [-0.2, -0.15) is 0 Å². The van der Waals surface area contributed by atoms with Crippen molar-refractivity contribution in [1.82, 2.24) is 5.32 Å². The number of nitrogens with one attached hydrogen (secondary N) is 1. The third kappa shape index (κ3) is 5.69. The number of hydrogen-bond donors (Lipinski definition) is 1. The van der Waals surface area contributed by atoms with Crippen LogP contribution in [-0.4, -0.2) is 36.8 Å². The summed E-state index contributed by atoms with van der Waals surface area (Å²) in [4.78, 5) is 53.1. The third-order valence-electron chi connectivity index (χ3n) is 15.4. The number of carbonyl (C=O) groups is 4. The normalized spacial score (nSPS) is 40.7. The fraction of sp³-hybridized carbons (Fsp3) is 0.714. The number of methoxy groups -OCH3 is 1. The lowest BCUT2D eigenvalue weighted by atomic mass is 9.33. The highest BCUT2D eigenvalue weighted by Crippen LogP contribution is 2.75. The summed E-state index contributed by atoms with van der Waals surface area (Å²) in [5, 5.41) is 3.27. The summed E-state index contributed by atoms with van der Waals surface area (Å²) >= 11 is 0.